The van der Waals surface area contributed by atoms with Crippen LogP contribution in [0, 0.1) is 5.92 Å². The molecule has 0 saturated carbocycles. The van der Waals surface area contributed by atoms with Gasteiger partial charge < -0.3 is 10.2 Å². The summed E-state index contributed by atoms with van der Waals surface area (Å²) >= 11 is 0. The number of aromatic nitrogens is 3. The second kappa shape index (κ2) is 6.29. The molecule has 1 aliphatic heterocycles. The van der Waals surface area contributed by atoms with Crippen LogP contribution in [0.25, 0.3) is 0 Å². The lowest BCUT2D eigenvalue weighted by Crippen LogP contribution is -2.35. The molecule has 18 heavy (non-hydrogen) atoms. The highest BCUT2D eigenvalue weighted by atomic mass is 15.3. The van der Waals surface area contributed by atoms with Crippen molar-refractivity contribution >= 4 is 0 Å². The summed E-state index contributed by atoms with van der Waals surface area (Å²) in [6, 6.07) is 0.687. The molecule has 0 aromatic carbocycles. The van der Waals surface area contributed by atoms with E-state index in [1.165, 1.54) is 19.4 Å². The number of rotatable bonds is 6. The molecule has 0 bridgehead atoms. The highest BCUT2D eigenvalue weighted by Gasteiger charge is 2.20. The van der Waals surface area contributed by atoms with Gasteiger partial charge in [0.2, 0.25) is 0 Å². The van der Waals surface area contributed by atoms with Crippen molar-refractivity contribution in [2.45, 2.75) is 45.8 Å². The fourth-order valence-electron chi connectivity index (χ4n) is 2.51. The van der Waals surface area contributed by atoms with Gasteiger partial charge in [-0.25, -0.2) is 9.67 Å². The van der Waals surface area contributed by atoms with Gasteiger partial charge in [0.25, 0.3) is 0 Å². The number of hydrogen-bond acceptors (Lipinski definition) is 4. The Bertz CT molecular complexity index is 360. The molecule has 1 aromatic rings. The lowest BCUT2D eigenvalue weighted by atomic mass is 10.2. The second-order valence-electron chi connectivity index (χ2n) is 5.66. The van der Waals surface area contributed by atoms with Crippen LogP contribution in [-0.2, 0) is 13.1 Å². The molecule has 0 spiro atoms. The Labute approximate surface area is 110 Å². The van der Waals surface area contributed by atoms with E-state index in [2.05, 4.69) is 41.2 Å². The van der Waals surface area contributed by atoms with Gasteiger partial charge in [0.05, 0.1) is 6.54 Å². The topological polar surface area (TPSA) is 46.0 Å². The van der Waals surface area contributed by atoms with Crippen molar-refractivity contribution in [3.05, 3.63) is 12.2 Å². The molecular weight excluding hydrogens is 226 g/mol. The van der Waals surface area contributed by atoms with Gasteiger partial charge in [0.15, 0.2) is 0 Å². The predicted molar refractivity (Wildman–Crippen MR) is 72.2 cm³/mol. The average Bonchev–Trinajstić information content (AvgIpc) is 2.89. The Hall–Kier alpha value is -0.940. The predicted octanol–water partition coefficient (Wildman–Crippen LogP) is 1.12. The summed E-state index contributed by atoms with van der Waals surface area (Å²) in [5, 5.41) is 7.79. The van der Waals surface area contributed by atoms with Gasteiger partial charge in [-0.05, 0) is 32.4 Å². The quantitative estimate of drug-likeness (QED) is 0.823. The number of likely N-dealkylation sites (N-methyl/N-ethyl adjacent to an activating group) is 1. The molecule has 1 saturated heterocycles. The Morgan fingerprint density at radius 1 is 1.50 bits per heavy atom. The molecule has 0 amide bonds. The van der Waals surface area contributed by atoms with Crippen LogP contribution in [0.1, 0.15) is 32.5 Å². The number of nitrogens with one attached hydrogen (secondary N) is 1. The normalized spacial score (nSPS) is 21.0. The van der Waals surface area contributed by atoms with Crippen molar-refractivity contribution in [1.82, 2.24) is 25.0 Å². The third-order valence-corrected chi connectivity index (χ3v) is 3.57. The largest absolute Gasteiger partial charge is 0.308 e. The monoisotopic (exact) mass is 251 g/mol. The van der Waals surface area contributed by atoms with Gasteiger partial charge in [-0.2, -0.15) is 5.10 Å². The summed E-state index contributed by atoms with van der Waals surface area (Å²) in [6.07, 6.45) is 4.29. The van der Waals surface area contributed by atoms with Crippen molar-refractivity contribution in [3.63, 3.8) is 0 Å². The zero-order valence-corrected chi connectivity index (χ0v) is 11.8. The third-order valence-electron chi connectivity index (χ3n) is 3.57. The second-order valence-corrected chi connectivity index (χ2v) is 5.66. The van der Waals surface area contributed by atoms with Gasteiger partial charge in [-0.1, -0.05) is 13.8 Å². The first-order chi connectivity index (χ1) is 8.66. The molecule has 1 atom stereocenters. The Morgan fingerprint density at radius 3 is 3.00 bits per heavy atom. The van der Waals surface area contributed by atoms with E-state index >= 15 is 0 Å². The van der Waals surface area contributed by atoms with Crippen LogP contribution in [0.3, 0.4) is 0 Å². The summed E-state index contributed by atoms with van der Waals surface area (Å²) in [4.78, 5) is 6.76. The minimum Gasteiger partial charge on any atom is -0.308 e. The van der Waals surface area contributed by atoms with E-state index in [0.717, 1.165) is 25.5 Å². The fraction of sp³-hybridized carbons (Fsp3) is 0.846. The number of nitrogens with zero attached hydrogens (tertiary/aromatic N) is 4. The van der Waals surface area contributed by atoms with E-state index in [1.54, 1.807) is 6.33 Å². The lowest BCUT2D eigenvalue weighted by Gasteiger charge is -2.19. The van der Waals surface area contributed by atoms with Gasteiger partial charge in [-0.3, -0.25) is 0 Å². The van der Waals surface area contributed by atoms with Crippen LogP contribution in [0.4, 0.5) is 0 Å². The molecule has 1 N–H and O–H groups in total. The minimum atomic E-state index is 0.603. The van der Waals surface area contributed by atoms with E-state index in [4.69, 9.17) is 0 Å². The number of likely N-dealkylation sites (tertiary alicyclic amines) is 1. The maximum Gasteiger partial charge on any atom is 0.140 e. The van der Waals surface area contributed by atoms with E-state index in [-0.39, 0.29) is 0 Å². The smallest absolute Gasteiger partial charge is 0.140 e. The van der Waals surface area contributed by atoms with E-state index in [9.17, 15) is 0 Å². The molecule has 5 heteroatoms. The van der Waals surface area contributed by atoms with Crippen molar-refractivity contribution in [3.8, 4) is 0 Å². The van der Waals surface area contributed by atoms with Crippen LogP contribution in [0.5, 0.6) is 0 Å². The van der Waals surface area contributed by atoms with Crippen molar-refractivity contribution < 1.29 is 0 Å². The number of hydrogen-bond donors (Lipinski definition) is 1. The molecule has 1 aromatic heterocycles. The van der Waals surface area contributed by atoms with Crippen molar-refractivity contribution in [1.29, 1.82) is 0 Å². The molecular formula is C13H25N5. The summed E-state index contributed by atoms with van der Waals surface area (Å²) in [6.45, 7) is 8.44. The van der Waals surface area contributed by atoms with Gasteiger partial charge in [0.1, 0.15) is 12.2 Å². The van der Waals surface area contributed by atoms with Crippen molar-refractivity contribution in [2.24, 2.45) is 5.92 Å². The molecule has 1 unspecified atom stereocenters. The summed E-state index contributed by atoms with van der Waals surface area (Å²) in [5.41, 5.74) is 0. The Kier molecular flexibility index (Phi) is 4.72. The molecule has 102 valence electrons. The highest BCUT2D eigenvalue weighted by molar-refractivity contribution is 4.86. The molecule has 1 fully saturated rings. The summed E-state index contributed by atoms with van der Waals surface area (Å²) in [5.74, 6) is 1.65. The third kappa shape index (κ3) is 3.53. The molecule has 1 aliphatic rings. The zero-order valence-electron chi connectivity index (χ0n) is 11.8. The molecule has 0 radical (unpaired) electrons. The standard InChI is InChI=1S/C13H25N5/c1-11(2)9-18-13(15-10-16-18)8-14-7-12-5-4-6-17(12)3/h10-12,14H,4-9H2,1-3H3. The summed E-state index contributed by atoms with van der Waals surface area (Å²) in [7, 11) is 2.21. The van der Waals surface area contributed by atoms with Gasteiger partial charge >= 0.3 is 0 Å². The Balaban J connectivity index is 1.77. The summed E-state index contributed by atoms with van der Waals surface area (Å²) < 4.78 is 2.01. The van der Waals surface area contributed by atoms with E-state index < -0.39 is 0 Å². The SMILES string of the molecule is CC(C)Cn1ncnc1CNCC1CCCN1C. The van der Waals surface area contributed by atoms with Crippen LogP contribution < -0.4 is 5.32 Å². The maximum atomic E-state index is 4.33. The first-order valence-corrected chi connectivity index (χ1v) is 6.94. The van der Waals surface area contributed by atoms with Gasteiger partial charge in [0, 0.05) is 19.1 Å². The first kappa shape index (κ1) is 13.5. The Morgan fingerprint density at radius 2 is 2.33 bits per heavy atom. The van der Waals surface area contributed by atoms with Crippen LogP contribution in [0.2, 0.25) is 0 Å². The van der Waals surface area contributed by atoms with Gasteiger partial charge in [-0.15, -0.1) is 0 Å². The molecule has 0 aliphatic carbocycles. The average molecular weight is 251 g/mol. The van der Waals surface area contributed by atoms with Crippen molar-refractivity contribution in [2.75, 3.05) is 20.1 Å². The van der Waals surface area contributed by atoms with E-state index in [1.807, 2.05) is 4.68 Å². The molecule has 2 rings (SSSR count). The van der Waals surface area contributed by atoms with Crippen LogP contribution >= 0.6 is 0 Å². The molecule has 2 heterocycles. The minimum absolute atomic E-state index is 0.603. The van der Waals surface area contributed by atoms with Crippen LogP contribution in [0.15, 0.2) is 6.33 Å². The lowest BCUT2D eigenvalue weighted by molar-refractivity contribution is 0.298. The molecule has 5 nitrogen and oxygen atoms in total. The zero-order chi connectivity index (χ0) is 13.0. The van der Waals surface area contributed by atoms with E-state index in [0.29, 0.717) is 12.0 Å². The highest BCUT2D eigenvalue weighted by Crippen LogP contribution is 2.13. The first-order valence-electron chi connectivity index (χ1n) is 6.94. The van der Waals surface area contributed by atoms with Crippen LogP contribution in [-0.4, -0.2) is 45.8 Å². The maximum absolute atomic E-state index is 4.33. The fourth-order valence-corrected chi connectivity index (χ4v) is 2.51.